The number of unbranched alkanes of at least 4 members (excludes halogenated alkanes) is 12. The van der Waals surface area contributed by atoms with Gasteiger partial charge < -0.3 is 0 Å². The van der Waals surface area contributed by atoms with Crippen LogP contribution >= 0.6 is 12.4 Å². The summed E-state index contributed by atoms with van der Waals surface area (Å²) in [5.74, 6) is 2.97. The fourth-order valence-corrected chi connectivity index (χ4v) is 2.95. The van der Waals surface area contributed by atoms with Crippen molar-refractivity contribution in [3.8, 4) is 18.4 Å². The Bertz CT molecular complexity index is 300. The fraction of sp³-hybridized carbons (Fsp3) is 0.857. The van der Waals surface area contributed by atoms with Crippen LogP contribution in [0.3, 0.4) is 0 Å². The lowest BCUT2D eigenvalue weighted by Gasteiger charge is -2.08. The Kier molecular flexibility index (Phi) is 22.8. The highest BCUT2D eigenvalue weighted by molar-refractivity contribution is 5.85. The van der Waals surface area contributed by atoms with E-state index in [1.165, 1.54) is 77.0 Å². The van der Waals surface area contributed by atoms with Crippen LogP contribution in [-0.2, 0) is 0 Å². The van der Waals surface area contributed by atoms with Crippen LogP contribution in [0.2, 0.25) is 0 Å². The van der Waals surface area contributed by atoms with E-state index >= 15 is 0 Å². The second-order valence-corrected chi connectivity index (χ2v) is 6.60. The lowest BCUT2D eigenvalue weighted by Crippen LogP contribution is -1.97. The zero-order valence-electron chi connectivity index (χ0n) is 15.3. The van der Waals surface area contributed by atoms with Gasteiger partial charge in [-0.2, -0.15) is 5.26 Å². The average Bonchev–Trinajstić information content (AvgIpc) is 2.54. The van der Waals surface area contributed by atoms with Crippen molar-refractivity contribution in [3.63, 3.8) is 0 Å². The third kappa shape index (κ3) is 19.3. The predicted octanol–water partition coefficient (Wildman–Crippen LogP) is 7.44. The molecule has 0 N–H and O–H groups in total. The van der Waals surface area contributed by atoms with E-state index in [0.29, 0.717) is 0 Å². The molecule has 0 saturated carbocycles. The van der Waals surface area contributed by atoms with Crippen molar-refractivity contribution >= 4 is 12.4 Å². The fourth-order valence-electron chi connectivity index (χ4n) is 2.95. The lowest BCUT2D eigenvalue weighted by molar-refractivity contribution is 0.473. The predicted molar refractivity (Wildman–Crippen MR) is 105 cm³/mol. The van der Waals surface area contributed by atoms with E-state index < -0.39 is 0 Å². The van der Waals surface area contributed by atoms with Gasteiger partial charge in [-0.25, -0.2) is 0 Å². The van der Waals surface area contributed by atoms with E-state index in [-0.39, 0.29) is 18.3 Å². The Morgan fingerprint density at radius 3 is 1.61 bits per heavy atom. The van der Waals surface area contributed by atoms with Crippen LogP contribution < -0.4 is 0 Å². The molecule has 0 aliphatic carbocycles. The molecule has 1 nitrogen and oxygen atoms in total. The molecule has 0 radical (unpaired) electrons. The summed E-state index contributed by atoms with van der Waals surface area (Å²) in [4.78, 5) is 0. The number of terminal acetylenes is 1. The van der Waals surface area contributed by atoms with E-state index in [4.69, 9.17) is 6.42 Å². The molecule has 0 aromatic rings. The van der Waals surface area contributed by atoms with Crippen molar-refractivity contribution < 1.29 is 0 Å². The smallest absolute Gasteiger partial charge is 0.0655 e. The van der Waals surface area contributed by atoms with Gasteiger partial charge in [0.05, 0.1) is 6.07 Å². The van der Waals surface area contributed by atoms with Crippen molar-refractivity contribution in [2.24, 2.45) is 5.92 Å². The molecule has 0 saturated heterocycles. The first-order valence-electron chi connectivity index (χ1n) is 9.68. The molecule has 0 rings (SSSR count). The van der Waals surface area contributed by atoms with Gasteiger partial charge >= 0.3 is 0 Å². The van der Waals surface area contributed by atoms with Gasteiger partial charge in [0.2, 0.25) is 0 Å². The summed E-state index contributed by atoms with van der Waals surface area (Å²) in [5.41, 5.74) is 0. The highest BCUT2D eigenvalue weighted by Gasteiger charge is 2.06. The van der Waals surface area contributed by atoms with Gasteiger partial charge in [0.25, 0.3) is 0 Å². The Morgan fingerprint density at radius 1 is 0.739 bits per heavy atom. The number of hydrogen-bond acceptors (Lipinski definition) is 1. The average molecular weight is 340 g/mol. The molecule has 0 aromatic carbocycles. The second-order valence-electron chi connectivity index (χ2n) is 6.60. The van der Waals surface area contributed by atoms with Crippen LogP contribution in [0.15, 0.2) is 0 Å². The molecular weight excluding hydrogens is 302 g/mol. The van der Waals surface area contributed by atoms with Gasteiger partial charge in [-0.05, 0) is 19.3 Å². The van der Waals surface area contributed by atoms with Crippen LogP contribution in [-0.4, -0.2) is 0 Å². The summed E-state index contributed by atoms with van der Waals surface area (Å²) >= 11 is 0. The molecule has 0 fully saturated rings. The van der Waals surface area contributed by atoms with Crippen molar-refractivity contribution in [1.29, 1.82) is 5.26 Å². The normalized spacial score (nSPS) is 11.3. The number of halogens is 1. The molecule has 1 unspecified atom stereocenters. The molecule has 1 atom stereocenters. The summed E-state index contributed by atoms with van der Waals surface area (Å²) in [5, 5.41) is 9.21. The third-order valence-electron chi connectivity index (χ3n) is 4.46. The van der Waals surface area contributed by atoms with Gasteiger partial charge in [0, 0.05) is 12.3 Å². The molecule has 23 heavy (non-hydrogen) atoms. The maximum atomic E-state index is 9.21. The molecule has 0 aliphatic rings. The van der Waals surface area contributed by atoms with E-state index in [0.717, 1.165) is 25.7 Å². The highest BCUT2D eigenvalue weighted by Crippen LogP contribution is 2.18. The van der Waals surface area contributed by atoms with Crippen LogP contribution in [0.4, 0.5) is 0 Å². The molecule has 2 heteroatoms. The Hall–Kier alpha value is -0.660. The standard InChI is InChI=1S/C21H37N.ClH/c1-3-5-7-9-11-12-13-15-17-19-21(20-22)18-16-14-10-8-6-4-2;/h2,21H,3,5-19H2,1H3;1H. The molecule has 0 heterocycles. The monoisotopic (exact) mass is 339 g/mol. The number of hydrogen-bond donors (Lipinski definition) is 0. The first-order valence-corrected chi connectivity index (χ1v) is 9.68. The molecule has 0 aromatic heterocycles. The Morgan fingerprint density at radius 2 is 1.17 bits per heavy atom. The number of nitriles is 1. The number of nitrogens with zero attached hydrogens (tertiary/aromatic N) is 1. The molecule has 0 amide bonds. The van der Waals surface area contributed by atoms with E-state index in [2.05, 4.69) is 18.9 Å². The molecule has 134 valence electrons. The van der Waals surface area contributed by atoms with E-state index in [1.54, 1.807) is 0 Å². The summed E-state index contributed by atoms with van der Waals surface area (Å²) in [6.07, 6.45) is 25.4. The Labute approximate surface area is 152 Å². The topological polar surface area (TPSA) is 23.8 Å². The summed E-state index contributed by atoms with van der Waals surface area (Å²) in [6, 6.07) is 2.50. The van der Waals surface area contributed by atoms with Crippen molar-refractivity contribution in [3.05, 3.63) is 0 Å². The minimum Gasteiger partial charge on any atom is -0.198 e. The summed E-state index contributed by atoms with van der Waals surface area (Å²) in [6.45, 7) is 2.27. The first kappa shape index (κ1) is 24.6. The zero-order chi connectivity index (χ0) is 16.3. The summed E-state index contributed by atoms with van der Waals surface area (Å²) < 4.78 is 0. The SMILES string of the molecule is C#CCCCCCCC(C#N)CCCCCCCCCCC.Cl. The van der Waals surface area contributed by atoms with Crippen LogP contribution in [0.25, 0.3) is 0 Å². The quantitative estimate of drug-likeness (QED) is 0.211. The minimum atomic E-state index is 0. The van der Waals surface area contributed by atoms with Gasteiger partial charge in [-0.3, -0.25) is 0 Å². The number of rotatable bonds is 16. The van der Waals surface area contributed by atoms with Gasteiger partial charge in [0.15, 0.2) is 0 Å². The third-order valence-corrected chi connectivity index (χ3v) is 4.46. The minimum absolute atomic E-state index is 0. The molecular formula is C21H38ClN. The van der Waals surface area contributed by atoms with Gasteiger partial charge in [-0.1, -0.05) is 84.0 Å². The van der Waals surface area contributed by atoms with Crippen molar-refractivity contribution in [2.45, 2.75) is 110 Å². The van der Waals surface area contributed by atoms with E-state index in [1.807, 2.05) is 0 Å². The zero-order valence-corrected chi connectivity index (χ0v) is 16.1. The maximum Gasteiger partial charge on any atom is 0.0655 e. The van der Waals surface area contributed by atoms with Crippen LogP contribution in [0.1, 0.15) is 110 Å². The molecule has 0 aliphatic heterocycles. The van der Waals surface area contributed by atoms with Gasteiger partial charge in [-0.15, -0.1) is 24.8 Å². The maximum absolute atomic E-state index is 9.21. The van der Waals surface area contributed by atoms with Crippen LogP contribution in [0, 0.1) is 29.6 Å². The first-order chi connectivity index (χ1) is 10.8. The Balaban J connectivity index is 0. The second kappa shape index (κ2) is 21.3. The highest BCUT2D eigenvalue weighted by atomic mass is 35.5. The van der Waals surface area contributed by atoms with Crippen molar-refractivity contribution in [1.82, 2.24) is 0 Å². The van der Waals surface area contributed by atoms with Gasteiger partial charge in [0.1, 0.15) is 0 Å². The molecule has 0 spiro atoms. The largest absolute Gasteiger partial charge is 0.198 e. The van der Waals surface area contributed by atoms with E-state index in [9.17, 15) is 5.26 Å². The van der Waals surface area contributed by atoms with Crippen LogP contribution in [0.5, 0.6) is 0 Å². The lowest BCUT2D eigenvalue weighted by atomic mass is 9.95. The summed E-state index contributed by atoms with van der Waals surface area (Å²) in [7, 11) is 0. The molecule has 0 bridgehead atoms. The van der Waals surface area contributed by atoms with Crippen molar-refractivity contribution in [2.75, 3.05) is 0 Å².